The highest BCUT2D eigenvalue weighted by atomic mass is 16.1. The number of allylic oxidation sites excluding steroid dienone is 1. The lowest BCUT2D eigenvalue weighted by molar-refractivity contribution is 0.624. The molecule has 1 heterocycles. The van der Waals surface area contributed by atoms with Gasteiger partial charge in [-0.2, -0.15) is 0 Å². The van der Waals surface area contributed by atoms with E-state index in [-0.39, 0.29) is 5.56 Å². The minimum absolute atomic E-state index is 0.0529. The quantitative estimate of drug-likeness (QED) is 0.595. The van der Waals surface area contributed by atoms with Crippen LogP contribution in [-0.2, 0) is 6.54 Å². The van der Waals surface area contributed by atoms with Gasteiger partial charge < -0.3 is 0 Å². The molecule has 0 unspecified atom stereocenters. The number of benzene rings is 1. The lowest BCUT2D eigenvalue weighted by Gasteiger charge is -2.06. The molecule has 1 aromatic carbocycles. The molecule has 0 amide bonds. The van der Waals surface area contributed by atoms with Gasteiger partial charge in [0.15, 0.2) is 0 Å². The van der Waals surface area contributed by atoms with Gasteiger partial charge in [-0.3, -0.25) is 9.36 Å². The van der Waals surface area contributed by atoms with Crippen LogP contribution in [0.25, 0.3) is 10.9 Å². The third-order valence-electron chi connectivity index (χ3n) is 2.87. The molecule has 0 aliphatic heterocycles. The molecule has 2 aromatic rings. The summed E-state index contributed by atoms with van der Waals surface area (Å²) in [5.41, 5.74) is 1.81. The first-order valence-electron chi connectivity index (χ1n) is 5.79. The second kappa shape index (κ2) is 4.95. The Kier molecular flexibility index (Phi) is 3.38. The van der Waals surface area contributed by atoms with E-state index < -0.39 is 0 Å². The molecule has 0 aliphatic rings. The number of nitrogens with zero attached hydrogens (tertiary/aromatic N) is 2. The summed E-state index contributed by atoms with van der Waals surface area (Å²) in [6, 6.07) is 5.74. The molecule has 3 heteroatoms. The Hall–Kier alpha value is -1.90. The molecule has 1 aromatic heterocycles. The van der Waals surface area contributed by atoms with Crippen LogP contribution in [0.5, 0.6) is 0 Å². The van der Waals surface area contributed by atoms with Crippen LogP contribution >= 0.6 is 0 Å². The Morgan fingerprint density at radius 2 is 2.29 bits per heavy atom. The molecule has 0 atom stereocenters. The number of unbranched alkanes of at least 4 members (excludes halogenated alkanes) is 1. The zero-order valence-electron chi connectivity index (χ0n) is 10.0. The van der Waals surface area contributed by atoms with E-state index in [2.05, 4.69) is 11.6 Å². The maximum atomic E-state index is 12.2. The van der Waals surface area contributed by atoms with Crippen LogP contribution in [0.15, 0.2) is 42.0 Å². The Bertz CT molecular complexity index is 599. The third-order valence-corrected chi connectivity index (χ3v) is 2.87. The van der Waals surface area contributed by atoms with Crippen molar-refractivity contribution in [1.29, 1.82) is 0 Å². The molecule has 0 bridgehead atoms. The molecular weight excluding hydrogens is 212 g/mol. The van der Waals surface area contributed by atoms with Gasteiger partial charge in [0.25, 0.3) is 5.56 Å². The number of aromatic nitrogens is 2. The van der Waals surface area contributed by atoms with Crippen molar-refractivity contribution in [2.24, 2.45) is 0 Å². The van der Waals surface area contributed by atoms with Gasteiger partial charge in [0, 0.05) is 6.54 Å². The fourth-order valence-corrected chi connectivity index (χ4v) is 1.93. The van der Waals surface area contributed by atoms with Gasteiger partial charge in [0.2, 0.25) is 0 Å². The van der Waals surface area contributed by atoms with E-state index in [1.807, 2.05) is 31.2 Å². The van der Waals surface area contributed by atoms with E-state index >= 15 is 0 Å². The van der Waals surface area contributed by atoms with E-state index in [4.69, 9.17) is 0 Å². The molecule has 3 nitrogen and oxygen atoms in total. The molecule has 0 spiro atoms. The van der Waals surface area contributed by atoms with Crippen LogP contribution < -0.4 is 5.56 Å². The maximum Gasteiger partial charge on any atom is 0.261 e. The van der Waals surface area contributed by atoms with Gasteiger partial charge in [-0.05, 0) is 31.4 Å². The highest BCUT2D eigenvalue weighted by Crippen LogP contribution is 2.11. The van der Waals surface area contributed by atoms with Gasteiger partial charge in [0.05, 0.1) is 17.2 Å². The molecule has 0 aliphatic carbocycles. The predicted molar refractivity (Wildman–Crippen MR) is 70.2 cm³/mol. The van der Waals surface area contributed by atoms with E-state index in [0.717, 1.165) is 29.3 Å². The van der Waals surface area contributed by atoms with Gasteiger partial charge in [-0.25, -0.2) is 4.98 Å². The van der Waals surface area contributed by atoms with E-state index in [0.29, 0.717) is 6.54 Å². The topological polar surface area (TPSA) is 34.9 Å². The summed E-state index contributed by atoms with van der Waals surface area (Å²) >= 11 is 0. The lowest BCUT2D eigenvalue weighted by atomic mass is 10.1. The highest BCUT2D eigenvalue weighted by molar-refractivity contribution is 5.80. The number of hydrogen-bond donors (Lipinski definition) is 0. The third kappa shape index (κ3) is 2.28. The second-order valence-corrected chi connectivity index (χ2v) is 4.14. The van der Waals surface area contributed by atoms with Crippen molar-refractivity contribution in [2.75, 3.05) is 0 Å². The molecule has 88 valence electrons. The molecule has 0 saturated carbocycles. The fraction of sp³-hybridized carbons (Fsp3) is 0.286. The van der Waals surface area contributed by atoms with Gasteiger partial charge in [-0.1, -0.05) is 18.2 Å². The lowest BCUT2D eigenvalue weighted by Crippen LogP contribution is -2.21. The average Bonchev–Trinajstić information content (AvgIpc) is 2.32. The molecule has 0 N–H and O–H groups in total. The van der Waals surface area contributed by atoms with Crippen molar-refractivity contribution in [3.05, 3.63) is 53.1 Å². The first kappa shape index (κ1) is 11.6. The summed E-state index contributed by atoms with van der Waals surface area (Å²) in [5.74, 6) is 0. The zero-order valence-corrected chi connectivity index (χ0v) is 10.0. The molecule has 0 radical (unpaired) electrons. The van der Waals surface area contributed by atoms with Crippen LogP contribution in [0.3, 0.4) is 0 Å². The smallest absolute Gasteiger partial charge is 0.261 e. The maximum absolute atomic E-state index is 12.2. The Morgan fingerprint density at radius 3 is 3.06 bits per heavy atom. The largest absolute Gasteiger partial charge is 0.299 e. The monoisotopic (exact) mass is 228 g/mol. The molecule has 0 saturated heterocycles. The minimum atomic E-state index is 0.0529. The zero-order chi connectivity index (χ0) is 12.3. The normalized spacial score (nSPS) is 10.6. The van der Waals surface area contributed by atoms with Crippen molar-refractivity contribution in [1.82, 2.24) is 9.55 Å². The van der Waals surface area contributed by atoms with Crippen molar-refractivity contribution in [3.8, 4) is 0 Å². The van der Waals surface area contributed by atoms with Crippen LogP contribution in [0.2, 0.25) is 0 Å². The van der Waals surface area contributed by atoms with Crippen molar-refractivity contribution in [2.45, 2.75) is 26.3 Å². The summed E-state index contributed by atoms with van der Waals surface area (Å²) in [4.78, 5) is 16.6. The SMILES string of the molecule is C=CCCCn1cnc2cccc(C)c2c1=O. The van der Waals surface area contributed by atoms with E-state index in [9.17, 15) is 4.79 Å². The molecule has 17 heavy (non-hydrogen) atoms. The average molecular weight is 228 g/mol. The Balaban J connectivity index is 2.46. The van der Waals surface area contributed by atoms with Gasteiger partial charge in [0.1, 0.15) is 0 Å². The Morgan fingerprint density at radius 1 is 1.47 bits per heavy atom. The number of rotatable bonds is 4. The predicted octanol–water partition coefficient (Wildman–Crippen LogP) is 2.67. The summed E-state index contributed by atoms with van der Waals surface area (Å²) in [6.45, 7) is 6.32. The highest BCUT2D eigenvalue weighted by Gasteiger charge is 2.05. The first-order valence-corrected chi connectivity index (χ1v) is 5.79. The molecular formula is C14H16N2O. The number of aryl methyl sites for hydroxylation is 2. The van der Waals surface area contributed by atoms with Crippen molar-refractivity contribution >= 4 is 10.9 Å². The van der Waals surface area contributed by atoms with Crippen LogP contribution in [-0.4, -0.2) is 9.55 Å². The summed E-state index contributed by atoms with van der Waals surface area (Å²) in [5, 5.41) is 0.730. The standard InChI is InChI=1S/C14H16N2O/c1-3-4-5-9-16-10-15-12-8-6-7-11(2)13(12)14(16)17/h3,6-8,10H,1,4-5,9H2,2H3. The van der Waals surface area contributed by atoms with Crippen LogP contribution in [0.1, 0.15) is 18.4 Å². The van der Waals surface area contributed by atoms with Crippen molar-refractivity contribution < 1.29 is 0 Å². The van der Waals surface area contributed by atoms with E-state index in [1.165, 1.54) is 0 Å². The second-order valence-electron chi connectivity index (χ2n) is 4.14. The number of hydrogen-bond acceptors (Lipinski definition) is 2. The number of fused-ring (bicyclic) bond motifs is 1. The van der Waals surface area contributed by atoms with Gasteiger partial charge in [-0.15, -0.1) is 6.58 Å². The minimum Gasteiger partial charge on any atom is -0.299 e. The van der Waals surface area contributed by atoms with Crippen LogP contribution in [0, 0.1) is 6.92 Å². The van der Waals surface area contributed by atoms with Crippen molar-refractivity contribution in [3.63, 3.8) is 0 Å². The first-order chi connectivity index (χ1) is 8.24. The molecule has 0 fully saturated rings. The van der Waals surface area contributed by atoms with Gasteiger partial charge >= 0.3 is 0 Å². The van der Waals surface area contributed by atoms with Crippen LogP contribution in [0.4, 0.5) is 0 Å². The summed E-state index contributed by atoms with van der Waals surface area (Å²) < 4.78 is 1.68. The Labute approximate surface area is 100 Å². The fourth-order valence-electron chi connectivity index (χ4n) is 1.93. The summed E-state index contributed by atoms with van der Waals surface area (Å²) in [6.07, 6.45) is 5.33. The van der Waals surface area contributed by atoms with E-state index in [1.54, 1.807) is 10.9 Å². The molecule has 2 rings (SSSR count). The summed E-state index contributed by atoms with van der Waals surface area (Å²) in [7, 11) is 0.